The van der Waals surface area contributed by atoms with E-state index in [2.05, 4.69) is 44.2 Å². The van der Waals surface area contributed by atoms with Crippen LogP contribution in [0.25, 0.3) is 5.57 Å². The van der Waals surface area contributed by atoms with Crippen LogP contribution >= 0.6 is 0 Å². The van der Waals surface area contributed by atoms with Gasteiger partial charge < -0.3 is 5.11 Å². The first kappa shape index (κ1) is 11.4. The van der Waals surface area contributed by atoms with Gasteiger partial charge in [0.2, 0.25) is 0 Å². The molecule has 0 amide bonds. The highest BCUT2D eigenvalue weighted by Crippen LogP contribution is 2.33. The molecule has 0 heterocycles. The minimum absolute atomic E-state index is 0.198. The predicted octanol–water partition coefficient (Wildman–Crippen LogP) is 3.50. The molecule has 0 aromatic heterocycles. The molecule has 1 unspecified atom stereocenters. The maximum Gasteiger partial charge on any atom is 0.0606 e. The first-order valence-corrected chi connectivity index (χ1v) is 6.13. The second kappa shape index (κ2) is 4.84. The van der Waals surface area contributed by atoms with Gasteiger partial charge in [0.25, 0.3) is 0 Å². The van der Waals surface area contributed by atoms with Gasteiger partial charge in [-0.2, -0.15) is 0 Å². The average Bonchev–Trinajstić information content (AvgIpc) is 2.44. The van der Waals surface area contributed by atoms with Crippen LogP contribution in [0, 0.1) is 11.8 Å². The number of rotatable bonds is 1. The van der Waals surface area contributed by atoms with Crippen molar-refractivity contribution in [2.75, 3.05) is 0 Å². The molecule has 0 saturated carbocycles. The van der Waals surface area contributed by atoms with E-state index in [1.165, 1.54) is 11.1 Å². The highest BCUT2D eigenvalue weighted by molar-refractivity contribution is 5.68. The largest absolute Gasteiger partial charge is 0.393 e. The van der Waals surface area contributed by atoms with Crippen molar-refractivity contribution in [1.29, 1.82) is 0 Å². The minimum atomic E-state index is -0.198. The third-order valence-electron chi connectivity index (χ3n) is 3.56. The van der Waals surface area contributed by atoms with Gasteiger partial charge in [-0.25, -0.2) is 0 Å². The van der Waals surface area contributed by atoms with Crippen LogP contribution in [0.5, 0.6) is 0 Å². The summed E-state index contributed by atoms with van der Waals surface area (Å²) in [4.78, 5) is 0. The molecule has 2 rings (SSSR count). The van der Waals surface area contributed by atoms with Gasteiger partial charge in [-0.15, -0.1) is 0 Å². The van der Waals surface area contributed by atoms with Crippen molar-refractivity contribution in [1.82, 2.24) is 0 Å². The normalized spacial score (nSPS) is 30.7. The lowest BCUT2D eigenvalue weighted by molar-refractivity contribution is 0.130. The number of aliphatic hydroxyl groups excluding tert-OH is 1. The maximum atomic E-state index is 10.1. The fourth-order valence-corrected chi connectivity index (χ4v) is 2.42. The Kier molecular flexibility index (Phi) is 3.45. The Hall–Kier alpha value is -1.08. The summed E-state index contributed by atoms with van der Waals surface area (Å²) in [5.74, 6) is 0.808. The third kappa shape index (κ3) is 2.35. The standard InChI is InChI=1S/C15H20O/c1-11-8-9-15(16)12(2)14(10-11)13-6-4-3-5-7-13/h3-7,10-12,15-16H,8-9H2,1-2H3/t11?,12-,15+/m0/s1. The van der Waals surface area contributed by atoms with Gasteiger partial charge in [-0.1, -0.05) is 50.3 Å². The van der Waals surface area contributed by atoms with Gasteiger partial charge in [0.15, 0.2) is 0 Å². The molecule has 0 fully saturated rings. The maximum absolute atomic E-state index is 10.1. The van der Waals surface area contributed by atoms with Crippen molar-refractivity contribution in [2.45, 2.75) is 32.8 Å². The lowest BCUT2D eigenvalue weighted by Gasteiger charge is -2.19. The molecule has 86 valence electrons. The van der Waals surface area contributed by atoms with Gasteiger partial charge in [0.1, 0.15) is 0 Å². The van der Waals surface area contributed by atoms with E-state index in [4.69, 9.17) is 0 Å². The topological polar surface area (TPSA) is 20.2 Å². The Balaban J connectivity index is 2.36. The van der Waals surface area contributed by atoms with Crippen LogP contribution < -0.4 is 0 Å². The lowest BCUT2D eigenvalue weighted by Crippen LogP contribution is -2.17. The molecule has 1 heteroatoms. The number of hydrogen-bond donors (Lipinski definition) is 1. The zero-order chi connectivity index (χ0) is 11.5. The van der Waals surface area contributed by atoms with Crippen LogP contribution in [-0.2, 0) is 0 Å². The van der Waals surface area contributed by atoms with Crippen molar-refractivity contribution in [3.63, 3.8) is 0 Å². The third-order valence-corrected chi connectivity index (χ3v) is 3.56. The van der Waals surface area contributed by atoms with E-state index in [1.807, 2.05) is 6.07 Å². The molecular formula is C15H20O. The molecule has 0 saturated heterocycles. The average molecular weight is 216 g/mol. The van der Waals surface area contributed by atoms with E-state index in [-0.39, 0.29) is 12.0 Å². The van der Waals surface area contributed by atoms with Gasteiger partial charge >= 0.3 is 0 Å². The zero-order valence-electron chi connectivity index (χ0n) is 10.1. The minimum Gasteiger partial charge on any atom is -0.393 e. The second-order valence-electron chi connectivity index (χ2n) is 4.90. The molecule has 1 aliphatic rings. The number of allylic oxidation sites excluding steroid dienone is 1. The Morgan fingerprint density at radius 3 is 2.44 bits per heavy atom. The highest BCUT2D eigenvalue weighted by atomic mass is 16.3. The molecule has 1 aromatic carbocycles. The quantitative estimate of drug-likeness (QED) is 0.761. The van der Waals surface area contributed by atoms with Gasteiger partial charge in [-0.3, -0.25) is 0 Å². The van der Waals surface area contributed by atoms with E-state index < -0.39 is 0 Å². The summed E-state index contributed by atoms with van der Waals surface area (Å²) in [7, 11) is 0. The molecule has 0 spiro atoms. The molecule has 0 radical (unpaired) electrons. The molecule has 0 bridgehead atoms. The summed E-state index contributed by atoms with van der Waals surface area (Å²) >= 11 is 0. The van der Waals surface area contributed by atoms with Crippen LogP contribution in [0.15, 0.2) is 36.4 Å². The van der Waals surface area contributed by atoms with Crippen LogP contribution in [0.1, 0.15) is 32.3 Å². The Morgan fingerprint density at radius 2 is 1.75 bits per heavy atom. The molecular weight excluding hydrogens is 196 g/mol. The van der Waals surface area contributed by atoms with Crippen molar-refractivity contribution in [2.24, 2.45) is 11.8 Å². The van der Waals surface area contributed by atoms with E-state index >= 15 is 0 Å². The highest BCUT2D eigenvalue weighted by Gasteiger charge is 2.23. The molecule has 1 aliphatic carbocycles. The first-order valence-electron chi connectivity index (χ1n) is 6.13. The Bertz CT molecular complexity index is 366. The Morgan fingerprint density at radius 1 is 1.06 bits per heavy atom. The lowest BCUT2D eigenvalue weighted by atomic mass is 9.89. The molecule has 1 N–H and O–H groups in total. The summed E-state index contributed by atoms with van der Waals surface area (Å²) < 4.78 is 0. The molecule has 0 aliphatic heterocycles. The summed E-state index contributed by atoms with van der Waals surface area (Å²) in [5.41, 5.74) is 2.56. The van der Waals surface area contributed by atoms with E-state index in [0.29, 0.717) is 5.92 Å². The number of hydrogen-bond acceptors (Lipinski definition) is 1. The summed E-state index contributed by atoms with van der Waals surface area (Å²) in [6, 6.07) is 10.4. The van der Waals surface area contributed by atoms with Crippen LogP contribution in [0.3, 0.4) is 0 Å². The van der Waals surface area contributed by atoms with E-state index in [1.54, 1.807) is 0 Å². The monoisotopic (exact) mass is 216 g/mol. The zero-order valence-corrected chi connectivity index (χ0v) is 10.1. The van der Waals surface area contributed by atoms with E-state index in [0.717, 1.165) is 12.8 Å². The number of aliphatic hydroxyl groups is 1. The van der Waals surface area contributed by atoms with Crippen LogP contribution in [-0.4, -0.2) is 11.2 Å². The van der Waals surface area contributed by atoms with Gasteiger partial charge in [0.05, 0.1) is 6.10 Å². The Labute approximate surface area is 97.8 Å². The molecule has 1 nitrogen and oxygen atoms in total. The molecule has 1 aromatic rings. The molecule has 16 heavy (non-hydrogen) atoms. The first-order chi connectivity index (χ1) is 7.68. The van der Waals surface area contributed by atoms with Crippen molar-refractivity contribution < 1.29 is 5.11 Å². The van der Waals surface area contributed by atoms with Gasteiger partial charge in [-0.05, 0) is 29.9 Å². The van der Waals surface area contributed by atoms with Crippen molar-refractivity contribution in [3.8, 4) is 0 Å². The fraction of sp³-hybridized carbons (Fsp3) is 0.467. The van der Waals surface area contributed by atoms with Gasteiger partial charge in [0, 0.05) is 5.92 Å². The number of benzene rings is 1. The van der Waals surface area contributed by atoms with Crippen molar-refractivity contribution >= 4 is 5.57 Å². The smallest absolute Gasteiger partial charge is 0.0606 e. The summed E-state index contributed by atoms with van der Waals surface area (Å²) in [5, 5.41) is 10.1. The fourth-order valence-electron chi connectivity index (χ4n) is 2.42. The molecule has 3 atom stereocenters. The van der Waals surface area contributed by atoms with E-state index in [9.17, 15) is 5.11 Å². The SMILES string of the molecule is CC1C=C(c2ccccc2)[C@H](C)[C@H](O)CC1. The predicted molar refractivity (Wildman–Crippen MR) is 68.0 cm³/mol. The second-order valence-corrected chi connectivity index (χ2v) is 4.90. The van der Waals surface area contributed by atoms with Crippen molar-refractivity contribution in [3.05, 3.63) is 42.0 Å². The summed E-state index contributed by atoms with van der Waals surface area (Å²) in [6.07, 6.45) is 4.13. The van der Waals surface area contributed by atoms with Crippen LogP contribution in [0.2, 0.25) is 0 Å². The van der Waals surface area contributed by atoms with Crippen LogP contribution in [0.4, 0.5) is 0 Å². The summed E-state index contributed by atoms with van der Waals surface area (Å²) in [6.45, 7) is 4.36.